The van der Waals surface area contributed by atoms with E-state index in [1.165, 1.54) is 4.57 Å². The first-order chi connectivity index (χ1) is 4.63. The summed E-state index contributed by atoms with van der Waals surface area (Å²) in [7, 11) is 1.65. The van der Waals surface area contributed by atoms with E-state index in [4.69, 9.17) is 11.6 Å². The molecule has 0 aliphatic rings. The topological polar surface area (TPSA) is 22.0 Å². The molecular formula is C6H5BrClNO. The van der Waals surface area contributed by atoms with Gasteiger partial charge >= 0.3 is 0 Å². The first kappa shape index (κ1) is 7.82. The molecule has 0 atom stereocenters. The van der Waals surface area contributed by atoms with Gasteiger partial charge in [0, 0.05) is 7.05 Å². The molecule has 0 spiro atoms. The van der Waals surface area contributed by atoms with Crippen molar-refractivity contribution in [2.24, 2.45) is 7.05 Å². The van der Waals surface area contributed by atoms with E-state index in [9.17, 15) is 4.79 Å². The molecule has 1 aromatic rings. The number of halogens is 2. The van der Waals surface area contributed by atoms with Gasteiger partial charge < -0.3 is 4.57 Å². The van der Waals surface area contributed by atoms with Crippen molar-refractivity contribution >= 4 is 27.5 Å². The van der Waals surface area contributed by atoms with Crippen LogP contribution in [0.2, 0.25) is 5.02 Å². The molecular weight excluding hydrogens is 217 g/mol. The molecule has 0 bridgehead atoms. The molecule has 2 nitrogen and oxygen atoms in total. The number of hydrogen-bond acceptors (Lipinski definition) is 1. The van der Waals surface area contributed by atoms with Gasteiger partial charge in [0.25, 0.3) is 5.56 Å². The Bertz CT molecular complexity index is 307. The molecule has 0 N–H and O–H groups in total. The van der Waals surface area contributed by atoms with E-state index in [0.717, 1.165) is 4.60 Å². The molecule has 0 amide bonds. The van der Waals surface area contributed by atoms with Gasteiger partial charge in [-0.1, -0.05) is 11.6 Å². The van der Waals surface area contributed by atoms with E-state index in [-0.39, 0.29) is 10.6 Å². The molecule has 1 aromatic heterocycles. The summed E-state index contributed by atoms with van der Waals surface area (Å²) in [4.78, 5) is 11.0. The van der Waals surface area contributed by atoms with Crippen molar-refractivity contribution < 1.29 is 0 Å². The van der Waals surface area contributed by atoms with Gasteiger partial charge in [-0.15, -0.1) is 0 Å². The van der Waals surface area contributed by atoms with Crippen LogP contribution in [0, 0.1) is 0 Å². The van der Waals surface area contributed by atoms with Crippen LogP contribution in [0.15, 0.2) is 21.5 Å². The van der Waals surface area contributed by atoms with Crippen LogP contribution in [0.1, 0.15) is 0 Å². The van der Waals surface area contributed by atoms with Crippen molar-refractivity contribution in [3.63, 3.8) is 0 Å². The van der Waals surface area contributed by atoms with E-state index < -0.39 is 0 Å². The molecule has 0 saturated carbocycles. The average molecular weight is 222 g/mol. The summed E-state index contributed by atoms with van der Waals surface area (Å²) in [5, 5.41) is 0.241. The Hall–Kier alpha value is -0.280. The summed E-state index contributed by atoms with van der Waals surface area (Å²) in [6.45, 7) is 0. The zero-order valence-electron chi connectivity index (χ0n) is 5.27. The van der Waals surface area contributed by atoms with Gasteiger partial charge in [-0.25, -0.2) is 0 Å². The Balaban J connectivity index is 3.50. The van der Waals surface area contributed by atoms with Crippen molar-refractivity contribution in [2.45, 2.75) is 0 Å². The number of aromatic nitrogens is 1. The Morgan fingerprint density at radius 2 is 2.20 bits per heavy atom. The highest BCUT2D eigenvalue weighted by atomic mass is 79.9. The van der Waals surface area contributed by atoms with Gasteiger partial charge in [0.2, 0.25) is 0 Å². The van der Waals surface area contributed by atoms with Crippen LogP contribution in [0.25, 0.3) is 0 Å². The summed E-state index contributed by atoms with van der Waals surface area (Å²) in [5.74, 6) is 0. The minimum absolute atomic E-state index is 0.184. The first-order valence-corrected chi connectivity index (χ1v) is 3.81. The minimum Gasteiger partial charge on any atom is -0.305 e. The molecule has 0 aliphatic carbocycles. The van der Waals surface area contributed by atoms with Crippen molar-refractivity contribution in [1.82, 2.24) is 4.57 Å². The summed E-state index contributed by atoms with van der Waals surface area (Å²) in [5.41, 5.74) is -0.184. The molecule has 54 valence electrons. The first-order valence-electron chi connectivity index (χ1n) is 2.64. The number of pyridine rings is 1. The van der Waals surface area contributed by atoms with Gasteiger partial charge in [0.1, 0.15) is 5.02 Å². The third-order valence-electron chi connectivity index (χ3n) is 1.20. The smallest absolute Gasteiger partial charge is 0.269 e. The third kappa shape index (κ3) is 1.25. The van der Waals surface area contributed by atoms with Crippen LogP contribution >= 0.6 is 27.5 Å². The zero-order chi connectivity index (χ0) is 7.72. The Morgan fingerprint density at radius 3 is 2.70 bits per heavy atom. The maximum atomic E-state index is 11.0. The molecule has 0 aliphatic heterocycles. The van der Waals surface area contributed by atoms with Crippen molar-refractivity contribution in [3.8, 4) is 0 Å². The summed E-state index contributed by atoms with van der Waals surface area (Å²) >= 11 is 8.72. The fourth-order valence-corrected chi connectivity index (χ4v) is 1.07. The summed E-state index contributed by atoms with van der Waals surface area (Å²) < 4.78 is 2.16. The summed E-state index contributed by atoms with van der Waals surface area (Å²) in [6.07, 6.45) is 0. The maximum Gasteiger partial charge on any atom is 0.269 e. The van der Waals surface area contributed by atoms with Crippen LogP contribution in [-0.2, 0) is 7.05 Å². The maximum absolute atomic E-state index is 11.0. The van der Waals surface area contributed by atoms with Crippen LogP contribution in [0.3, 0.4) is 0 Å². The average Bonchev–Trinajstić information content (AvgIpc) is 1.93. The van der Waals surface area contributed by atoms with Crippen LogP contribution in [0.4, 0.5) is 0 Å². The second-order valence-electron chi connectivity index (χ2n) is 1.87. The van der Waals surface area contributed by atoms with Crippen LogP contribution < -0.4 is 5.56 Å². The zero-order valence-corrected chi connectivity index (χ0v) is 7.61. The molecule has 0 unspecified atom stereocenters. The quantitative estimate of drug-likeness (QED) is 0.614. The van der Waals surface area contributed by atoms with Gasteiger partial charge in [0.15, 0.2) is 0 Å². The van der Waals surface area contributed by atoms with E-state index in [0.29, 0.717) is 0 Å². The van der Waals surface area contributed by atoms with Gasteiger partial charge in [-0.3, -0.25) is 4.79 Å². The monoisotopic (exact) mass is 221 g/mol. The Morgan fingerprint density at radius 1 is 1.60 bits per heavy atom. The highest BCUT2D eigenvalue weighted by Crippen LogP contribution is 2.08. The minimum atomic E-state index is -0.184. The van der Waals surface area contributed by atoms with E-state index >= 15 is 0 Å². The van der Waals surface area contributed by atoms with Gasteiger partial charge in [0.05, 0.1) is 4.60 Å². The third-order valence-corrected chi connectivity index (χ3v) is 2.28. The van der Waals surface area contributed by atoms with Crippen LogP contribution in [-0.4, -0.2) is 4.57 Å². The lowest BCUT2D eigenvalue weighted by Gasteiger charge is -1.99. The highest BCUT2D eigenvalue weighted by molar-refractivity contribution is 9.10. The van der Waals surface area contributed by atoms with E-state index in [2.05, 4.69) is 15.9 Å². The Kier molecular flexibility index (Phi) is 2.16. The fourth-order valence-electron chi connectivity index (χ4n) is 0.582. The second kappa shape index (κ2) is 2.76. The largest absolute Gasteiger partial charge is 0.305 e. The predicted octanol–water partition coefficient (Wildman–Crippen LogP) is 1.80. The second-order valence-corrected chi connectivity index (χ2v) is 3.09. The molecule has 10 heavy (non-hydrogen) atoms. The molecule has 1 heterocycles. The number of nitrogens with zero attached hydrogens (tertiary/aromatic N) is 1. The molecule has 0 saturated heterocycles. The molecule has 1 rings (SSSR count). The van der Waals surface area contributed by atoms with Crippen molar-refractivity contribution in [3.05, 3.63) is 32.1 Å². The number of rotatable bonds is 0. The standard InChI is InChI=1S/C6H5BrClNO/c1-9-5(7)3-2-4(8)6(9)10/h2-3H,1H3. The van der Waals surface area contributed by atoms with Gasteiger partial charge in [-0.2, -0.15) is 0 Å². The summed E-state index contributed by atoms with van der Waals surface area (Å²) in [6, 6.07) is 3.29. The van der Waals surface area contributed by atoms with Crippen molar-refractivity contribution in [2.75, 3.05) is 0 Å². The lowest BCUT2D eigenvalue weighted by molar-refractivity contribution is 0.835. The lowest BCUT2D eigenvalue weighted by atomic mass is 10.5. The Labute approximate surface area is 71.6 Å². The molecule has 0 aromatic carbocycles. The van der Waals surface area contributed by atoms with Crippen molar-refractivity contribution in [1.29, 1.82) is 0 Å². The predicted molar refractivity (Wildman–Crippen MR) is 44.4 cm³/mol. The van der Waals surface area contributed by atoms with E-state index in [1.807, 2.05) is 0 Å². The number of hydrogen-bond donors (Lipinski definition) is 0. The van der Waals surface area contributed by atoms with Crippen LogP contribution in [0.5, 0.6) is 0 Å². The van der Waals surface area contributed by atoms with Gasteiger partial charge in [-0.05, 0) is 28.1 Å². The molecule has 0 fully saturated rings. The van der Waals surface area contributed by atoms with E-state index in [1.54, 1.807) is 19.2 Å². The SMILES string of the molecule is Cn1c(Br)ccc(Cl)c1=O. The fraction of sp³-hybridized carbons (Fsp3) is 0.167. The lowest BCUT2D eigenvalue weighted by Crippen LogP contribution is -2.16. The normalized spacial score (nSPS) is 9.90. The highest BCUT2D eigenvalue weighted by Gasteiger charge is 1.98. The molecule has 4 heteroatoms. The molecule has 0 radical (unpaired) electrons.